The molecule has 124 valence electrons. The SMILES string of the molecule is Cl.O=C(CCC1CCNC1)NCCc1cccc2ccccc12. The van der Waals surface area contributed by atoms with Gasteiger partial charge in [0.1, 0.15) is 0 Å². The third kappa shape index (κ3) is 4.95. The van der Waals surface area contributed by atoms with Crippen LogP contribution in [-0.2, 0) is 11.2 Å². The monoisotopic (exact) mass is 332 g/mol. The van der Waals surface area contributed by atoms with Crippen molar-refractivity contribution in [2.45, 2.75) is 25.7 Å². The minimum atomic E-state index is 0. The van der Waals surface area contributed by atoms with Gasteiger partial charge in [-0.2, -0.15) is 0 Å². The summed E-state index contributed by atoms with van der Waals surface area (Å²) in [4.78, 5) is 11.9. The second kappa shape index (κ2) is 8.90. The summed E-state index contributed by atoms with van der Waals surface area (Å²) in [6.45, 7) is 2.90. The van der Waals surface area contributed by atoms with Crippen LogP contribution in [0.4, 0.5) is 0 Å². The van der Waals surface area contributed by atoms with E-state index in [1.54, 1.807) is 0 Å². The number of benzene rings is 2. The molecular weight excluding hydrogens is 308 g/mol. The van der Waals surface area contributed by atoms with Gasteiger partial charge in [-0.3, -0.25) is 4.79 Å². The Kier molecular flexibility index (Phi) is 6.87. The Balaban J connectivity index is 0.00000192. The van der Waals surface area contributed by atoms with Crippen molar-refractivity contribution in [2.24, 2.45) is 5.92 Å². The minimum absolute atomic E-state index is 0. The van der Waals surface area contributed by atoms with E-state index in [4.69, 9.17) is 0 Å². The van der Waals surface area contributed by atoms with Crippen molar-refractivity contribution in [3.8, 4) is 0 Å². The predicted octanol–water partition coefficient (Wildman–Crippen LogP) is 3.31. The van der Waals surface area contributed by atoms with Gasteiger partial charge in [0.2, 0.25) is 5.91 Å². The van der Waals surface area contributed by atoms with Gasteiger partial charge >= 0.3 is 0 Å². The summed E-state index contributed by atoms with van der Waals surface area (Å²) in [5.74, 6) is 0.871. The third-order valence-corrected chi connectivity index (χ3v) is 4.54. The number of hydrogen-bond donors (Lipinski definition) is 2. The summed E-state index contributed by atoms with van der Waals surface area (Å²) >= 11 is 0. The minimum Gasteiger partial charge on any atom is -0.356 e. The molecule has 1 aliphatic heterocycles. The van der Waals surface area contributed by atoms with Gasteiger partial charge in [-0.15, -0.1) is 12.4 Å². The Morgan fingerprint density at radius 2 is 2.00 bits per heavy atom. The van der Waals surface area contributed by atoms with E-state index < -0.39 is 0 Å². The van der Waals surface area contributed by atoms with Gasteiger partial charge in [0.05, 0.1) is 0 Å². The van der Waals surface area contributed by atoms with Crippen LogP contribution < -0.4 is 10.6 Å². The highest BCUT2D eigenvalue weighted by Crippen LogP contribution is 2.18. The molecule has 1 amide bonds. The first-order valence-corrected chi connectivity index (χ1v) is 8.27. The lowest BCUT2D eigenvalue weighted by Gasteiger charge is -2.10. The molecule has 1 saturated heterocycles. The fourth-order valence-corrected chi connectivity index (χ4v) is 3.23. The summed E-state index contributed by atoms with van der Waals surface area (Å²) < 4.78 is 0. The smallest absolute Gasteiger partial charge is 0.220 e. The molecule has 2 aromatic carbocycles. The Hall–Kier alpha value is -1.58. The van der Waals surface area contributed by atoms with Gasteiger partial charge in [0, 0.05) is 13.0 Å². The Bertz CT molecular complexity index is 633. The summed E-state index contributed by atoms with van der Waals surface area (Å²) in [5, 5.41) is 8.96. The number of hydrogen-bond acceptors (Lipinski definition) is 2. The van der Waals surface area contributed by atoms with E-state index in [1.165, 1.54) is 22.8 Å². The molecule has 0 aromatic heterocycles. The quantitative estimate of drug-likeness (QED) is 0.852. The van der Waals surface area contributed by atoms with Crippen LogP contribution in [0.25, 0.3) is 10.8 Å². The highest BCUT2D eigenvalue weighted by Gasteiger charge is 2.15. The van der Waals surface area contributed by atoms with Crippen molar-refractivity contribution in [3.05, 3.63) is 48.0 Å². The Morgan fingerprint density at radius 1 is 1.17 bits per heavy atom. The van der Waals surface area contributed by atoms with E-state index in [1.807, 2.05) is 0 Å². The van der Waals surface area contributed by atoms with Crippen LogP contribution in [-0.4, -0.2) is 25.5 Å². The third-order valence-electron chi connectivity index (χ3n) is 4.54. The molecular formula is C19H25ClN2O. The number of carbonyl (C=O) groups excluding carboxylic acids is 1. The largest absolute Gasteiger partial charge is 0.356 e. The number of amides is 1. The molecule has 3 rings (SSSR count). The molecule has 3 nitrogen and oxygen atoms in total. The second-order valence-corrected chi connectivity index (χ2v) is 6.14. The summed E-state index contributed by atoms with van der Waals surface area (Å²) in [5.41, 5.74) is 1.30. The molecule has 2 aromatic rings. The van der Waals surface area contributed by atoms with Crippen LogP contribution >= 0.6 is 12.4 Å². The molecule has 1 atom stereocenters. The molecule has 1 unspecified atom stereocenters. The van der Waals surface area contributed by atoms with E-state index in [-0.39, 0.29) is 18.3 Å². The standard InChI is InChI=1S/C19H24N2O.ClH/c22-19(9-8-15-10-12-20-14-15)21-13-11-17-6-3-5-16-4-1-2-7-18(16)17;/h1-7,15,20H,8-14H2,(H,21,22);1H. The number of fused-ring (bicyclic) bond motifs is 1. The van der Waals surface area contributed by atoms with Crippen LogP contribution in [0.15, 0.2) is 42.5 Å². The molecule has 0 radical (unpaired) electrons. The van der Waals surface area contributed by atoms with Gasteiger partial charge in [0.25, 0.3) is 0 Å². The van der Waals surface area contributed by atoms with Crippen LogP contribution in [0.1, 0.15) is 24.8 Å². The zero-order valence-electron chi connectivity index (χ0n) is 13.4. The van der Waals surface area contributed by atoms with Gasteiger partial charge in [0.15, 0.2) is 0 Å². The van der Waals surface area contributed by atoms with Crippen LogP contribution in [0.2, 0.25) is 0 Å². The number of carbonyl (C=O) groups is 1. The first-order chi connectivity index (χ1) is 10.8. The van der Waals surface area contributed by atoms with E-state index >= 15 is 0 Å². The average molecular weight is 333 g/mol. The van der Waals surface area contributed by atoms with E-state index in [0.29, 0.717) is 12.3 Å². The highest BCUT2D eigenvalue weighted by atomic mass is 35.5. The van der Waals surface area contributed by atoms with Crippen molar-refractivity contribution in [1.29, 1.82) is 0 Å². The van der Waals surface area contributed by atoms with E-state index in [9.17, 15) is 4.79 Å². The van der Waals surface area contributed by atoms with Crippen molar-refractivity contribution in [2.75, 3.05) is 19.6 Å². The van der Waals surface area contributed by atoms with Gasteiger partial charge < -0.3 is 10.6 Å². The highest BCUT2D eigenvalue weighted by molar-refractivity contribution is 5.86. The molecule has 1 heterocycles. The molecule has 0 saturated carbocycles. The van der Waals surface area contributed by atoms with E-state index in [0.717, 1.165) is 32.5 Å². The lowest BCUT2D eigenvalue weighted by atomic mass is 10.0. The van der Waals surface area contributed by atoms with Crippen LogP contribution in [0.3, 0.4) is 0 Å². The molecule has 4 heteroatoms. The fraction of sp³-hybridized carbons (Fsp3) is 0.421. The normalized spacial score (nSPS) is 17.0. The summed E-state index contributed by atoms with van der Waals surface area (Å²) in [7, 11) is 0. The maximum atomic E-state index is 11.9. The first-order valence-electron chi connectivity index (χ1n) is 8.27. The lowest BCUT2D eigenvalue weighted by Crippen LogP contribution is -2.26. The number of rotatable bonds is 6. The van der Waals surface area contributed by atoms with E-state index in [2.05, 4.69) is 53.1 Å². The molecule has 23 heavy (non-hydrogen) atoms. The zero-order valence-corrected chi connectivity index (χ0v) is 14.2. The predicted molar refractivity (Wildman–Crippen MR) is 98.1 cm³/mol. The Labute approximate surface area is 144 Å². The molecule has 1 fully saturated rings. The van der Waals surface area contributed by atoms with Crippen molar-refractivity contribution in [3.63, 3.8) is 0 Å². The summed E-state index contributed by atoms with van der Waals surface area (Å²) in [6, 6.07) is 14.8. The average Bonchev–Trinajstić information content (AvgIpc) is 3.07. The molecule has 0 bridgehead atoms. The maximum absolute atomic E-state index is 11.9. The lowest BCUT2D eigenvalue weighted by molar-refractivity contribution is -0.121. The first kappa shape index (κ1) is 17.8. The molecule has 0 aliphatic carbocycles. The van der Waals surface area contributed by atoms with Gasteiger partial charge in [-0.05, 0) is 54.6 Å². The van der Waals surface area contributed by atoms with Crippen molar-refractivity contribution in [1.82, 2.24) is 10.6 Å². The molecule has 1 aliphatic rings. The van der Waals surface area contributed by atoms with Crippen LogP contribution in [0, 0.1) is 5.92 Å². The molecule has 0 spiro atoms. The zero-order chi connectivity index (χ0) is 15.2. The number of nitrogens with one attached hydrogen (secondary N) is 2. The van der Waals surface area contributed by atoms with Crippen molar-refractivity contribution < 1.29 is 4.79 Å². The van der Waals surface area contributed by atoms with Crippen molar-refractivity contribution >= 4 is 29.1 Å². The Morgan fingerprint density at radius 3 is 2.83 bits per heavy atom. The van der Waals surface area contributed by atoms with Crippen LogP contribution in [0.5, 0.6) is 0 Å². The molecule has 2 N–H and O–H groups in total. The maximum Gasteiger partial charge on any atom is 0.220 e. The fourth-order valence-electron chi connectivity index (χ4n) is 3.23. The number of halogens is 1. The van der Waals surface area contributed by atoms with Gasteiger partial charge in [-0.1, -0.05) is 42.5 Å². The topological polar surface area (TPSA) is 41.1 Å². The van der Waals surface area contributed by atoms with Gasteiger partial charge in [-0.25, -0.2) is 0 Å². The second-order valence-electron chi connectivity index (χ2n) is 6.14. The summed E-state index contributed by atoms with van der Waals surface area (Å²) in [6.07, 6.45) is 3.76.